The van der Waals surface area contributed by atoms with Crippen LogP contribution in [0.3, 0.4) is 0 Å². The van der Waals surface area contributed by atoms with Gasteiger partial charge in [-0.3, -0.25) is 23.2 Å². The zero-order valence-electron chi connectivity index (χ0n) is 41.4. The van der Waals surface area contributed by atoms with Crippen LogP contribution < -0.4 is 11.4 Å². The van der Waals surface area contributed by atoms with Gasteiger partial charge in [-0.25, -0.2) is 13.9 Å². The van der Waals surface area contributed by atoms with E-state index < -0.39 is 95.9 Å². The lowest BCUT2D eigenvalue weighted by atomic mass is 10.0. The van der Waals surface area contributed by atoms with Gasteiger partial charge in [-0.15, -0.1) is 0 Å². The summed E-state index contributed by atoms with van der Waals surface area (Å²) in [6.07, 6.45) is 26.6. The van der Waals surface area contributed by atoms with Crippen molar-refractivity contribution in [3.05, 3.63) is 95.7 Å². The molecule has 402 valence electrons. The number of phosphoric ester groups is 2. The zero-order chi connectivity index (χ0) is 52.5. The van der Waals surface area contributed by atoms with Crippen molar-refractivity contribution in [2.75, 3.05) is 25.6 Å². The van der Waals surface area contributed by atoms with Crippen molar-refractivity contribution in [3.63, 3.8) is 0 Å². The number of esters is 2. The van der Waals surface area contributed by atoms with E-state index in [0.717, 1.165) is 49.3 Å². The van der Waals surface area contributed by atoms with Crippen molar-refractivity contribution >= 4 is 33.4 Å². The number of rotatable bonds is 38. The molecule has 20 nitrogen and oxygen atoms in total. The van der Waals surface area contributed by atoms with E-state index in [9.17, 15) is 53.7 Å². The Bertz CT molecular complexity index is 2020. The lowest BCUT2D eigenvalue weighted by molar-refractivity contribution is -0.161. The second-order valence-electron chi connectivity index (χ2n) is 17.5. The first kappa shape index (κ1) is 63.2. The fourth-order valence-corrected chi connectivity index (χ4v) is 8.93. The Morgan fingerprint density at radius 2 is 1.38 bits per heavy atom. The van der Waals surface area contributed by atoms with Crippen LogP contribution in [-0.2, 0) is 46.3 Å². The Morgan fingerprint density at radius 1 is 0.789 bits per heavy atom. The minimum Gasteiger partial charge on any atom is -0.462 e. The highest BCUT2D eigenvalue weighted by atomic mass is 31.3. The molecule has 22 heteroatoms. The Hall–Kier alpha value is -3.88. The molecule has 0 radical (unpaired) electrons. The van der Waals surface area contributed by atoms with Crippen molar-refractivity contribution in [2.24, 2.45) is 5.92 Å². The molecule has 1 aromatic heterocycles. The maximum absolute atomic E-state index is 12.8. The molecule has 2 unspecified atom stereocenters. The molecule has 1 fully saturated rings. The number of anilines is 1. The third kappa shape index (κ3) is 30.0. The number of nitrogens with zero attached hydrogens (tertiary/aromatic N) is 2. The summed E-state index contributed by atoms with van der Waals surface area (Å²) in [6, 6.07) is 1.23. The third-order valence-corrected chi connectivity index (χ3v) is 13.3. The number of aliphatic hydroxyl groups is 4. The van der Waals surface area contributed by atoms with Gasteiger partial charge in [0.1, 0.15) is 30.7 Å². The van der Waals surface area contributed by atoms with E-state index in [-0.39, 0.29) is 18.7 Å². The molecule has 1 aromatic rings. The van der Waals surface area contributed by atoms with Gasteiger partial charge in [0.25, 0.3) is 0 Å². The number of aromatic nitrogens is 2. The highest BCUT2D eigenvalue weighted by Crippen LogP contribution is 2.60. The van der Waals surface area contributed by atoms with Gasteiger partial charge in [-0.05, 0) is 50.5 Å². The van der Waals surface area contributed by atoms with Crippen LogP contribution in [0.4, 0.5) is 5.82 Å². The van der Waals surface area contributed by atoms with Crippen LogP contribution in [0.15, 0.2) is 90.0 Å². The van der Waals surface area contributed by atoms with Crippen molar-refractivity contribution in [1.82, 2.24) is 9.55 Å². The fourth-order valence-electron chi connectivity index (χ4n) is 6.82. The maximum Gasteiger partial charge on any atom is 0.481 e. The molecule has 1 aliphatic rings. The molecule has 2 rings (SSSR count). The predicted octanol–water partition coefficient (Wildman–Crippen LogP) is 7.52. The first-order valence-electron chi connectivity index (χ1n) is 24.5. The number of aliphatic hydroxyl groups excluding tert-OH is 4. The molecular weight excluding hydrogens is 964 g/mol. The van der Waals surface area contributed by atoms with Crippen molar-refractivity contribution < 1.29 is 76.5 Å². The number of nitrogens with two attached hydrogens (primary N) is 1. The molecule has 0 aliphatic carbocycles. The largest absolute Gasteiger partial charge is 0.481 e. The number of carbonyl (C=O) groups is 2. The second kappa shape index (κ2) is 36.1. The summed E-state index contributed by atoms with van der Waals surface area (Å²) in [6.45, 7) is 4.02. The van der Waals surface area contributed by atoms with Crippen LogP contribution in [0.2, 0.25) is 0 Å². The smallest absolute Gasteiger partial charge is 0.462 e. The number of allylic oxidation sites excluding steroid dienone is 8. The lowest BCUT2D eigenvalue weighted by Gasteiger charge is -2.21. The Labute approximate surface area is 418 Å². The molecule has 0 aromatic carbocycles. The molecule has 2 heterocycles. The fraction of sp³-hybridized carbons (Fsp3) is 0.633. The van der Waals surface area contributed by atoms with E-state index >= 15 is 0 Å². The minimum absolute atomic E-state index is 0.00897. The first-order chi connectivity index (χ1) is 33.8. The highest BCUT2D eigenvalue weighted by Gasteiger charge is 2.46. The number of unbranched alkanes of at least 4 members (excludes halogenated alkanes) is 8. The topological polar surface area (TPSA) is 306 Å². The van der Waals surface area contributed by atoms with Crippen LogP contribution in [0.25, 0.3) is 0 Å². The molecule has 8 N–H and O–H groups in total. The molecule has 0 saturated carbocycles. The van der Waals surface area contributed by atoms with E-state index in [1.54, 1.807) is 42.5 Å². The van der Waals surface area contributed by atoms with Crippen LogP contribution in [0, 0.1) is 5.92 Å². The van der Waals surface area contributed by atoms with Gasteiger partial charge < -0.3 is 50.2 Å². The SMILES string of the molecule is CC/C=C\C[C@@H](O)/C=C/C=C\C=C\[C@@H](O)C/C=C\C/C=C\CCC(=O)OC[C@H](COP(=O)(O)OP(=O)(O)OC[C@H]1O[C@@H](n2ccc(N)nc2=O)[C@H](O)[C@@H]1O)OC(=O)CCCCCCCCCCCC(C)C. The Kier molecular flexibility index (Phi) is 32.2. The van der Waals surface area contributed by atoms with Crippen LogP contribution in [0.1, 0.15) is 136 Å². The Balaban J connectivity index is 1.86. The molecule has 9 atom stereocenters. The molecule has 71 heavy (non-hydrogen) atoms. The maximum atomic E-state index is 12.8. The van der Waals surface area contributed by atoms with Gasteiger partial charge >= 0.3 is 33.3 Å². The number of phosphoric acid groups is 2. The molecule has 0 amide bonds. The molecule has 0 bridgehead atoms. The van der Waals surface area contributed by atoms with Gasteiger partial charge in [0.05, 0.1) is 25.4 Å². The summed E-state index contributed by atoms with van der Waals surface area (Å²) in [5.41, 5.74) is 4.56. The summed E-state index contributed by atoms with van der Waals surface area (Å²) in [4.78, 5) is 61.8. The van der Waals surface area contributed by atoms with Crippen molar-refractivity contribution in [1.29, 1.82) is 0 Å². The van der Waals surface area contributed by atoms with Gasteiger partial charge in [-0.2, -0.15) is 9.29 Å². The average Bonchev–Trinajstić information content (AvgIpc) is 3.58. The summed E-state index contributed by atoms with van der Waals surface area (Å²) in [5, 5.41) is 40.9. The van der Waals surface area contributed by atoms with Crippen LogP contribution in [-0.4, -0.2) is 108 Å². The normalized spacial score (nSPS) is 20.8. The second-order valence-corrected chi connectivity index (χ2v) is 20.5. The number of carbonyl (C=O) groups excluding carboxylic acids is 2. The molecule has 1 saturated heterocycles. The van der Waals surface area contributed by atoms with Crippen LogP contribution >= 0.6 is 15.6 Å². The van der Waals surface area contributed by atoms with Gasteiger partial charge in [0.2, 0.25) is 0 Å². The van der Waals surface area contributed by atoms with E-state index in [2.05, 4.69) is 23.1 Å². The predicted molar refractivity (Wildman–Crippen MR) is 268 cm³/mol. The van der Waals surface area contributed by atoms with E-state index in [1.165, 1.54) is 31.7 Å². The highest BCUT2D eigenvalue weighted by molar-refractivity contribution is 7.61. The summed E-state index contributed by atoms with van der Waals surface area (Å²) in [7, 11) is -10.9. The molecule has 0 spiro atoms. The third-order valence-electron chi connectivity index (χ3n) is 10.7. The van der Waals surface area contributed by atoms with Gasteiger partial charge in [-0.1, -0.05) is 151 Å². The monoisotopic (exact) mass is 1040 g/mol. The Morgan fingerprint density at radius 3 is 2.00 bits per heavy atom. The van der Waals surface area contributed by atoms with Crippen molar-refractivity contribution in [2.45, 2.75) is 173 Å². The minimum atomic E-state index is -5.46. The van der Waals surface area contributed by atoms with Crippen molar-refractivity contribution in [3.8, 4) is 0 Å². The number of hydrogen-bond acceptors (Lipinski definition) is 17. The summed E-state index contributed by atoms with van der Waals surface area (Å²) >= 11 is 0. The molecule has 1 aliphatic heterocycles. The van der Waals surface area contributed by atoms with E-state index in [4.69, 9.17) is 29.0 Å². The number of hydrogen-bond donors (Lipinski definition) is 7. The van der Waals surface area contributed by atoms with Gasteiger partial charge in [0.15, 0.2) is 12.3 Å². The van der Waals surface area contributed by atoms with Crippen LogP contribution in [0.5, 0.6) is 0 Å². The standard InChI is InChI=1S/C49H79N3O17P2/c1-4-5-19-27-39(53)29-22-17-18-23-30-40(54)28-21-14-11-12-15-24-31-44(55)64-35-41(67-45(56)32-25-16-10-8-6-7-9-13-20-26-38(2)3)36-65-70(60,61)69-71(62,63)66-37-42-46(57)47(58)48(68-42)52-34-33-43(50)51-49(52)59/h5,12,14-15,17-19,21-23,29-30,33-34,38-42,46-48,53-54,57-58H,4,6-11,13,16,20,24-28,31-32,35-37H2,1-3H3,(H,60,61)(H,62,63)(H2,50,51,59)/b15-12-,18-17-,19-5-,21-14-,29-22+,30-23+/t39-,40+,41-,42-,46-,47-,48-/m1/s1. The lowest BCUT2D eigenvalue weighted by Crippen LogP contribution is -2.36. The number of nitrogen functional groups attached to an aromatic ring is 1. The van der Waals surface area contributed by atoms with Gasteiger partial charge in [0, 0.05) is 19.0 Å². The summed E-state index contributed by atoms with van der Waals surface area (Å²) < 4.78 is 56.5. The zero-order valence-corrected chi connectivity index (χ0v) is 43.2. The summed E-state index contributed by atoms with van der Waals surface area (Å²) in [5.74, 6) is -0.768. The van der Waals surface area contributed by atoms with E-state index in [1.807, 2.05) is 37.3 Å². The first-order valence-corrected chi connectivity index (χ1v) is 27.5. The molecular formula is C49H79N3O17P2. The number of ether oxygens (including phenoxy) is 3. The van der Waals surface area contributed by atoms with E-state index in [0.29, 0.717) is 38.0 Å². The average molecular weight is 1040 g/mol. The quantitative estimate of drug-likeness (QED) is 0.0111.